The molecular weight excluding hydrogens is 234 g/mol. The Morgan fingerprint density at radius 1 is 1.17 bits per heavy atom. The topological polar surface area (TPSA) is 55.8 Å². The van der Waals surface area contributed by atoms with Crippen molar-refractivity contribution in [2.24, 2.45) is 11.8 Å². The van der Waals surface area contributed by atoms with E-state index in [2.05, 4.69) is 0 Å². The van der Waals surface area contributed by atoms with Crippen LogP contribution in [0.15, 0.2) is 0 Å². The van der Waals surface area contributed by atoms with Gasteiger partial charge in [-0.3, -0.25) is 4.90 Å². The number of methoxy groups -OCH3 is 1. The van der Waals surface area contributed by atoms with Gasteiger partial charge in [0.1, 0.15) is 11.6 Å². The van der Waals surface area contributed by atoms with E-state index in [-0.39, 0.29) is 5.97 Å². The monoisotopic (exact) mass is 255 g/mol. The predicted octanol–water partition coefficient (Wildman–Crippen LogP) is 1.80. The number of ether oxygens (including phenoxy) is 2. The van der Waals surface area contributed by atoms with Crippen LogP contribution in [0.4, 0.5) is 4.79 Å². The lowest BCUT2D eigenvalue weighted by molar-refractivity contribution is -0.148. The van der Waals surface area contributed by atoms with Crippen molar-refractivity contribution in [2.75, 3.05) is 13.7 Å². The molecule has 0 aromatic carbocycles. The summed E-state index contributed by atoms with van der Waals surface area (Å²) < 4.78 is 10.1. The van der Waals surface area contributed by atoms with Gasteiger partial charge in [0, 0.05) is 6.54 Å². The molecule has 1 aliphatic heterocycles. The van der Waals surface area contributed by atoms with E-state index < -0.39 is 17.7 Å². The molecule has 0 radical (unpaired) electrons. The first-order chi connectivity index (χ1) is 8.31. The summed E-state index contributed by atoms with van der Waals surface area (Å²) in [6, 6.07) is -0.478. The van der Waals surface area contributed by atoms with Crippen molar-refractivity contribution in [3.63, 3.8) is 0 Å². The van der Waals surface area contributed by atoms with E-state index in [9.17, 15) is 9.59 Å². The summed E-state index contributed by atoms with van der Waals surface area (Å²) in [5, 5.41) is 0. The number of carbonyl (C=O) groups is 2. The molecule has 1 saturated heterocycles. The molecular formula is C13H21NO4. The molecule has 0 bridgehead atoms. The number of nitrogens with zero attached hydrogens (tertiary/aromatic N) is 1. The average molecular weight is 255 g/mol. The van der Waals surface area contributed by atoms with Crippen LogP contribution in [-0.2, 0) is 14.3 Å². The normalized spacial score (nSPS) is 30.4. The molecule has 1 saturated carbocycles. The highest BCUT2D eigenvalue weighted by Gasteiger charge is 2.50. The lowest BCUT2D eigenvalue weighted by Gasteiger charge is -2.34. The molecule has 1 aliphatic carbocycles. The molecule has 0 aromatic heterocycles. The number of hydrogen-bond donors (Lipinski definition) is 0. The van der Waals surface area contributed by atoms with Gasteiger partial charge in [-0.1, -0.05) is 0 Å². The number of carbonyl (C=O) groups excluding carboxylic acids is 2. The Bertz CT molecular complexity index is 360. The van der Waals surface area contributed by atoms with Gasteiger partial charge in [-0.15, -0.1) is 0 Å². The second kappa shape index (κ2) is 4.44. The minimum absolute atomic E-state index is 0.341. The van der Waals surface area contributed by atoms with E-state index in [1.165, 1.54) is 12.0 Å². The van der Waals surface area contributed by atoms with E-state index in [0.29, 0.717) is 24.8 Å². The van der Waals surface area contributed by atoms with E-state index in [1.54, 1.807) is 0 Å². The average Bonchev–Trinajstić information content (AvgIpc) is 3.01. The maximum absolute atomic E-state index is 12.1. The van der Waals surface area contributed by atoms with Crippen molar-refractivity contribution < 1.29 is 19.1 Å². The first kappa shape index (κ1) is 13.2. The molecule has 1 heterocycles. The van der Waals surface area contributed by atoms with Gasteiger partial charge in [0.05, 0.1) is 7.11 Å². The fourth-order valence-corrected chi connectivity index (χ4v) is 2.50. The number of esters is 1. The summed E-state index contributed by atoms with van der Waals surface area (Å²) in [7, 11) is 1.36. The van der Waals surface area contributed by atoms with Crippen molar-refractivity contribution >= 4 is 12.1 Å². The highest BCUT2D eigenvalue weighted by atomic mass is 16.6. The van der Waals surface area contributed by atoms with Gasteiger partial charge in [0.15, 0.2) is 0 Å². The van der Waals surface area contributed by atoms with Crippen molar-refractivity contribution in [1.29, 1.82) is 0 Å². The van der Waals surface area contributed by atoms with Gasteiger partial charge >= 0.3 is 12.1 Å². The van der Waals surface area contributed by atoms with Crippen LogP contribution in [0.1, 0.15) is 33.6 Å². The van der Waals surface area contributed by atoms with Crippen LogP contribution < -0.4 is 0 Å². The molecule has 5 nitrogen and oxygen atoms in total. The van der Waals surface area contributed by atoms with E-state index >= 15 is 0 Å². The zero-order valence-electron chi connectivity index (χ0n) is 11.4. The number of piperidine rings is 1. The molecule has 2 aliphatic rings. The fourth-order valence-electron chi connectivity index (χ4n) is 2.50. The molecule has 18 heavy (non-hydrogen) atoms. The fraction of sp³-hybridized carbons (Fsp3) is 0.846. The summed E-state index contributed by atoms with van der Waals surface area (Å²) in [6.45, 7) is 6.07. The first-order valence-corrected chi connectivity index (χ1v) is 6.39. The Balaban J connectivity index is 2.07. The Hall–Kier alpha value is -1.26. The molecule has 0 aromatic rings. The Morgan fingerprint density at radius 3 is 2.39 bits per heavy atom. The van der Waals surface area contributed by atoms with Crippen LogP contribution in [-0.4, -0.2) is 42.3 Å². The third kappa shape index (κ3) is 2.76. The van der Waals surface area contributed by atoms with E-state index in [1.807, 2.05) is 20.8 Å². The summed E-state index contributed by atoms with van der Waals surface area (Å²) in [5.74, 6) is 0.775. The molecule has 2 fully saturated rings. The van der Waals surface area contributed by atoms with Crippen molar-refractivity contribution in [3.8, 4) is 0 Å². The van der Waals surface area contributed by atoms with Crippen LogP contribution in [0.25, 0.3) is 0 Å². The maximum atomic E-state index is 12.1. The van der Waals surface area contributed by atoms with Crippen molar-refractivity contribution in [2.45, 2.75) is 45.3 Å². The number of amides is 1. The quantitative estimate of drug-likeness (QED) is 0.670. The standard InChI is InChI=1S/C13H21NO4/c1-13(2,3)18-12(16)14-7-9-5-8(9)6-10(14)11(15)17-4/h8-10H,5-7H2,1-4H3/t8?,9?,10-/m1/s1. The first-order valence-electron chi connectivity index (χ1n) is 6.39. The summed E-state index contributed by atoms with van der Waals surface area (Å²) >= 11 is 0. The van der Waals surface area contributed by atoms with Gasteiger partial charge in [-0.2, -0.15) is 0 Å². The zero-order valence-corrected chi connectivity index (χ0v) is 11.4. The van der Waals surface area contributed by atoms with Gasteiger partial charge in [-0.25, -0.2) is 9.59 Å². The van der Waals surface area contributed by atoms with Gasteiger partial charge < -0.3 is 9.47 Å². The molecule has 102 valence electrons. The molecule has 0 N–H and O–H groups in total. The molecule has 5 heteroatoms. The summed E-state index contributed by atoms with van der Waals surface area (Å²) in [6.07, 6.45) is 1.40. The van der Waals surface area contributed by atoms with Crippen molar-refractivity contribution in [3.05, 3.63) is 0 Å². The largest absolute Gasteiger partial charge is 0.467 e. The van der Waals surface area contributed by atoms with Crippen LogP contribution in [0.5, 0.6) is 0 Å². The second-order valence-electron chi connectivity index (χ2n) is 6.16. The van der Waals surface area contributed by atoms with Crippen LogP contribution in [0.2, 0.25) is 0 Å². The zero-order chi connectivity index (χ0) is 13.5. The van der Waals surface area contributed by atoms with E-state index in [0.717, 1.165) is 6.42 Å². The minimum Gasteiger partial charge on any atom is -0.467 e. The highest BCUT2D eigenvalue weighted by molar-refractivity contribution is 5.82. The Morgan fingerprint density at radius 2 is 1.83 bits per heavy atom. The SMILES string of the molecule is COC(=O)[C@H]1CC2CC2CN1C(=O)OC(C)(C)C. The number of rotatable bonds is 1. The Kier molecular flexibility index (Phi) is 3.25. The molecule has 3 atom stereocenters. The van der Waals surface area contributed by atoms with Gasteiger partial charge in [-0.05, 0) is 45.4 Å². The molecule has 2 rings (SSSR count). The Labute approximate surface area is 107 Å². The van der Waals surface area contributed by atoms with E-state index in [4.69, 9.17) is 9.47 Å². The molecule has 1 amide bonds. The summed E-state index contributed by atoms with van der Waals surface area (Å²) in [4.78, 5) is 25.4. The third-order valence-corrected chi connectivity index (χ3v) is 3.50. The van der Waals surface area contributed by atoms with Crippen molar-refractivity contribution in [1.82, 2.24) is 4.90 Å². The third-order valence-electron chi connectivity index (χ3n) is 3.50. The predicted molar refractivity (Wildman–Crippen MR) is 65.0 cm³/mol. The smallest absolute Gasteiger partial charge is 0.411 e. The summed E-state index contributed by atoms with van der Waals surface area (Å²) in [5.41, 5.74) is -0.543. The lowest BCUT2D eigenvalue weighted by atomic mass is 10.0. The number of likely N-dealkylation sites (tertiary alicyclic amines) is 1. The van der Waals surface area contributed by atoms with Crippen LogP contribution >= 0.6 is 0 Å². The number of hydrogen-bond acceptors (Lipinski definition) is 4. The van der Waals surface area contributed by atoms with Crippen LogP contribution in [0, 0.1) is 11.8 Å². The van der Waals surface area contributed by atoms with Gasteiger partial charge in [0.2, 0.25) is 0 Å². The molecule has 2 unspecified atom stereocenters. The number of fused-ring (bicyclic) bond motifs is 1. The second-order valence-corrected chi connectivity index (χ2v) is 6.16. The van der Waals surface area contributed by atoms with Gasteiger partial charge in [0.25, 0.3) is 0 Å². The minimum atomic E-state index is -0.543. The molecule has 0 spiro atoms. The van der Waals surface area contributed by atoms with Crippen LogP contribution in [0.3, 0.4) is 0 Å². The highest BCUT2D eigenvalue weighted by Crippen LogP contribution is 2.47. The lowest BCUT2D eigenvalue weighted by Crippen LogP contribution is -2.50. The maximum Gasteiger partial charge on any atom is 0.411 e.